The van der Waals surface area contributed by atoms with Crippen molar-refractivity contribution in [1.82, 2.24) is 15.1 Å². The zero-order chi connectivity index (χ0) is 18.3. The van der Waals surface area contributed by atoms with Crippen molar-refractivity contribution >= 4 is 49.4 Å². The minimum absolute atomic E-state index is 0.267. The Bertz CT molecular complexity index is 1120. The van der Waals surface area contributed by atoms with Crippen LogP contribution in [0.25, 0.3) is 22.4 Å². The number of amides is 1. The highest BCUT2D eigenvalue weighted by molar-refractivity contribution is 9.10. The van der Waals surface area contributed by atoms with Gasteiger partial charge < -0.3 is 4.52 Å². The molecule has 8 heteroatoms. The van der Waals surface area contributed by atoms with Gasteiger partial charge in [0.05, 0.1) is 22.3 Å². The van der Waals surface area contributed by atoms with Crippen molar-refractivity contribution in [2.45, 2.75) is 13.8 Å². The van der Waals surface area contributed by atoms with E-state index in [0.29, 0.717) is 22.1 Å². The van der Waals surface area contributed by atoms with Gasteiger partial charge in [0.2, 0.25) is 0 Å². The van der Waals surface area contributed by atoms with Crippen LogP contribution in [-0.4, -0.2) is 21.0 Å². The molecule has 0 unspecified atom stereocenters. The molecular weight excluding hydrogens is 416 g/mol. The average molecular weight is 429 g/mol. The largest absolute Gasteiger partial charge is 0.336 e. The topological polar surface area (TPSA) is 80.9 Å². The Hall–Kier alpha value is -2.58. The molecule has 0 bridgehead atoms. The molecule has 1 N–H and O–H groups in total. The van der Waals surface area contributed by atoms with Gasteiger partial charge in [-0.15, -0.1) is 11.3 Å². The lowest BCUT2D eigenvalue weighted by atomic mass is 10.1. The van der Waals surface area contributed by atoms with E-state index in [1.165, 1.54) is 17.5 Å². The van der Waals surface area contributed by atoms with Crippen LogP contribution in [0.15, 0.2) is 45.5 Å². The fourth-order valence-corrected chi connectivity index (χ4v) is 3.66. The van der Waals surface area contributed by atoms with E-state index in [4.69, 9.17) is 4.52 Å². The first kappa shape index (κ1) is 16.9. The van der Waals surface area contributed by atoms with Gasteiger partial charge in [-0.2, -0.15) is 0 Å². The van der Waals surface area contributed by atoms with Crippen molar-refractivity contribution in [3.8, 4) is 11.3 Å². The molecule has 4 aromatic rings. The Morgan fingerprint density at radius 3 is 2.77 bits per heavy atom. The highest BCUT2D eigenvalue weighted by Gasteiger charge is 2.15. The third kappa shape index (κ3) is 3.13. The molecule has 1 aromatic carbocycles. The maximum atomic E-state index is 12.6. The molecule has 6 nitrogen and oxygen atoms in total. The Morgan fingerprint density at radius 2 is 2.00 bits per heavy atom. The number of hydrogen-bond acceptors (Lipinski definition) is 6. The molecule has 0 saturated carbocycles. The number of nitrogens with one attached hydrogen (secondary N) is 1. The summed E-state index contributed by atoms with van der Waals surface area (Å²) in [6.07, 6.45) is 1.47. The molecule has 4 rings (SSSR count). The van der Waals surface area contributed by atoms with Crippen LogP contribution in [0, 0.1) is 13.8 Å². The molecule has 0 atom stereocenters. The number of hydrogen-bond donors (Lipinski definition) is 1. The van der Waals surface area contributed by atoms with Crippen LogP contribution < -0.4 is 5.32 Å². The van der Waals surface area contributed by atoms with Gasteiger partial charge in [-0.05, 0) is 32.0 Å². The molecule has 0 radical (unpaired) electrons. The van der Waals surface area contributed by atoms with Gasteiger partial charge in [-0.1, -0.05) is 33.2 Å². The van der Waals surface area contributed by atoms with Crippen molar-refractivity contribution < 1.29 is 9.32 Å². The third-order valence-electron chi connectivity index (χ3n) is 3.91. The zero-order valence-corrected chi connectivity index (χ0v) is 16.3. The molecule has 130 valence electrons. The second kappa shape index (κ2) is 6.62. The standard InChI is InChI=1S/C18H13BrN4O2S/c1-9-14-7-12(8-20-17(14)25-23-9)16(24)22-18-21-15(10(2)26-18)11-3-5-13(19)6-4-11/h3-8H,1-2H3,(H,21,22,24). The number of thiazole rings is 1. The number of rotatable bonds is 3. The summed E-state index contributed by atoms with van der Waals surface area (Å²) in [6, 6.07) is 9.64. The Morgan fingerprint density at radius 1 is 1.23 bits per heavy atom. The van der Waals surface area contributed by atoms with Crippen LogP contribution in [0.3, 0.4) is 0 Å². The first-order valence-electron chi connectivity index (χ1n) is 7.78. The smallest absolute Gasteiger partial charge is 0.259 e. The van der Waals surface area contributed by atoms with Gasteiger partial charge in [-0.25, -0.2) is 9.97 Å². The molecule has 0 aliphatic carbocycles. The van der Waals surface area contributed by atoms with Crippen LogP contribution in [0.4, 0.5) is 5.13 Å². The van der Waals surface area contributed by atoms with Gasteiger partial charge in [0, 0.05) is 21.1 Å². The van der Waals surface area contributed by atoms with E-state index in [-0.39, 0.29) is 5.91 Å². The highest BCUT2D eigenvalue weighted by atomic mass is 79.9. The molecule has 0 saturated heterocycles. The fraction of sp³-hybridized carbons (Fsp3) is 0.111. The lowest BCUT2D eigenvalue weighted by Crippen LogP contribution is -2.12. The predicted molar refractivity (Wildman–Crippen MR) is 104 cm³/mol. The number of nitrogens with zero attached hydrogens (tertiary/aromatic N) is 3. The van der Waals surface area contributed by atoms with E-state index in [0.717, 1.165) is 26.0 Å². The van der Waals surface area contributed by atoms with Crippen molar-refractivity contribution in [2.24, 2.45) is 0 Å². The van der Waals surface area contributed by atoms with E-state index in [2.05, 4.69) is 36.4 Å². The van der Waals surface area contributed by atoms with Crippen molar-refractivity contribution in [3.63, 3.8) is 0 Å². The van der Waals surface area contributed by atoms with E-state index in [9.17, 15) is 4.79 Å². The maximum absolute atomic E-state index is 12.6. The number of benzene rings is 1. The Kier molecular flexibility index (Phi) is 4.29. The third-order valence-corrected chi connectivity index (χ3v) is 5.32. The minimum Gasteiger partial charge on any atom is -0.336 e. The number of aryl methyl sites for hydroxylation is 2. The molecular formula is C18H13BrN4O2S. The summed E-state index contributed by atoms with van der Waals surface area (Å²) in [6.45, 7) is 3.79. The molecule has 1 amide bonds. The first-order chi connectivity index (χ1) is 12.5. The van der Waals surface area contributed by atoms with Crippen LogP contribution in [-0.2, 0) is 0 Å². The van der Waals surface area contributed by atoms with E-state index < -0.39 is 0 Å². The number of pyridine rings is 1. The summed E-state index contributed by atoms with van der Waals surface area (Å²) in [4.78, 5) is 22.3. The molecule has 0 fully saturated rings. The number of halogens is 1. The van der Waals surface area contributed by atoms with Gasteiger partial charge in [0.25, 0.3) is 11.6 Å². The lowest BCUT2D eigenvalue weighted by Gasteiger charge is -2.01. The molecule has 3 heterocycles. The SMILES string of the molecule is Cc1sc(NC(=O)c2cnc3onc(C)c3c2)nc1-c1ccc(Br)cc1. The van der Waals surface area contributed by atoms with Gasteiger partial charge in [0.1, 0.15) is 0 Å². The van der Waals surface area contributed by atoms with Crippen LogP contribution >= 0.6 is 27.3 Å². The van der Waals surface area contributed by atoms with Crippen LogP contribution in [0.5, 0.6) is 0 Å². The van der Waals surface area contributed by atoms with Crippen LogP contribution in [0.1, 0.15) is 20.9 Å². The summed E-state index contributed by atoms with van der Waals surface area (Å²) >= 11 is 4.87. The number of carbonyl (C=O) groups excluding carboxylic acids is 1. The second-order valence-corrected chi connectivity index (χ2v) is 7.85. The van der Waals surface area contributed by atoms with Crippen molar-refractivity contribution in [2.75, 3.05) is 5.32 Å². The Labute approximate surface area is 161 Å². The van der Waals surface area contributed by atoms with Crippen molar-refractivity contribution in [3.05, 3.63) is 57.1 Å². The zero-order valence-electron chi connectivity index (χ0n) is 13.9. The number of anilines is 1. The quantitative estimate of drug-likeness (QED) is 0.497. The van der Waals surface area contributed by atoms with Gasteiger partial charge in [0.15, 0.2) is 5.13 Å². The van der Waals surface area contributed by atoms with E-state index >= 15 is 0 Å². The molecule has 26 heavy (non-hydrogen) atoms. The predicted octanol–water partition coefficient (Wildman–Crippen LogP) is 4.98. The minimum atomic E-state index is -0.267. The summed E-state index contributed by atoms with van der Waals surface area (Å²) in [7, 11) is 0. The van der Waals surface area contributed by atoms with Gasteiger partial charge in [-0.3, -0.25) is 10.1 Å². The maximum Gasteiger partial charge on any atom is 0.259 e. The average Bonchev–Trinajstić information content (AvgIpc) is 3.18. The lowest BCUT2D eigenvalue weighted by molar-refractivity contribution is 0.102. The number of carbonyl (C=O) groups is 1. The molecule has 0 aliphatic rings. The van der Waals surface area contributed by atoms with Crippen molar-refractivity contribution in [1.29, 1.82) is 0 Å². The number of aromatic nitrogens is 3. The summed E-state index contributed by atoms with van der Waals surface area (Å²) in [5.41, 5.74) is 3.42. The fourth-order valence-electron chi connectivity index (χ4n) is 2.56. The monoisotopic (exact) mass is 428 g/mol. The Balaban J connectivity index is 1.60. The summed E-state index contributed by atoms with van der Waals surface area (Å²) in [5.74, 6) is -0.267. The molecule has 0 aliphatic heterocycles. The number of fused-ring (bicyclic) bond motifs is 1. The first-order valence-corrected chi connectivity index (χ1v) is 9.39. The van der Waals surface area contributed by atoms with E-state index in [1.54, 1.807) is 6.07 Å². The molecule has 0 spiro atoms. The molecule has 3 aromatic heterocycles. The van der Waals surface area contributed by atoms with Crippen LogP contribution in [0.2, 0.25) is 0 Å². The summed E-state index contributed by atoms with van der Waals surface area (Å²) in [5, 5.41) is 7.97. The van der Waals surface area contributed by atoms with Gasteiger partial charge >= 0.3 is 0 Å². The van der Waals surface area contributed by atoms with E-state index in [1.807, 2.05) is 38.1 Å². The highest BCUT2D eigenvalue weighted by Crippen LogP contribution is 2.31. The summed E-state index contributed by atoms with van der Waals surface area (Å²) < 4.78 is 6.08. The second-order valence-electron chi connectivity index (χ2n) is 5.73. The normalized spacial score (nSPS) is 11.0.